The molecule has 11 nitrogen and oxygen atoms in total. The van der Waals surface area contributed by atoms with E-state index < -0.39 is 12.1 Å². The Kier molecular flexibility index (Phi) is 8.93. The van der Waals surface area contributed by atoms with Crippen LogP contribution in [0.5, 0.6) is 0 Å². The van der Waals surface area contributed by atoms with Crippen molar-refractivity contribution in [3.63, 3.8) is 0 Å². The Morgan fingerprint density at radius 3 is 2.44 bits per heavy atom. The van der Waals surface area contributed by atoms with E-state index in [1.165, 1.54) is 0 Å². The quantitative estimate of drug-likeness (QED) is 0.634. The SMILES string of the molecule is CCOC(=O)N1CCCN(c2cc(N3CCC(c4ncc[nH]4)C3)nc(C)n2)CC1.O=C(O)C(F)(F)F. The summed E-state index contributed by atoms with van der Waals surface area (Å²) in [5.74, 6) is 1.36. The van der Waals surface area contributed by atoms with Crippen LogP contribution in [0.4, 0.5) is 29.6 Å². The number of carboxylic acids is 1. The Balaban J connectivity index is 0.000000454. The van der Waals surface area contributed by atoms with E-state index in [1.807, 2.05) is 26.2 Å². The van der Waals surface area contributed by atoms with Crippen molar-refractivity contribution in [3.8, 4) is 0 Å². The molecule has 2 saturated heterocycles. The lowest BCUT2D eigenvalue weighted by Crippen LogP contribution is -2.36. The maximum absolute atomic E-state index is 12.0. The fourth-order valence-electron chi connectivity index (χ4n) is 4.10. The molecule has 14 heteroatoms. The number of ether oxygens (including phenoxy) is 1. The predicted octanol–water partition coefficient (Wildman–Crippen LogP) is 2.80. The zero-order valence-corrected chi connectivity index (χ0v) is 20.2. The zero-order valence-electron chi connectivity index (χ0n) is 20.2. The van der Waals surface area contributed by atoms with Crippen LogP contribution in [0.1, 0.15) is 37.3 Å². The van der Waals surface area contributed by atoms with Crippen LogP contribution in [0.3, 0.4) is 0 Å². The summed E-state index contributed by atoms with van der Waals surface area (Å²) < 4.78 is 36.9. The molecule has 0 bridgehead atoms. The minimum atomic E-state index is -5.08. The van der Waals surface area contributed by atoms with Gasteiger partial charge in [0.1, 0.15) is 23.3 Å². The van der Waals surface area contributed by atoms with Crippen molar-refractivity contribution in [2.75, 3.05) is 55.7 Å². The topological polar surface area (TPSA) is 128 Å². The van der Waals surface area contributed by atoms with E-state index >= 15 is 0 Å². The molecule has 2 N–H and O–H groups in total. The fourth-order valence-corrected chi connectivity index (χ4v) is 4.10. The first-order valence-corrected chi connectivity index (χ1v) is 11.6. The van der Waals surface area contributed by atoms with Crippen molar-refractivity contribution in [3.05, 3.63) is 30.1 Å². The van der Waals surface area contributed by atoms with E-state index in [-0.39, 0.29) is 6.09 Å². The summed E-state index contributed by atoms with van der Waals surface area (Å²) in [4.78, 5) is 44.3. The molecule has 0 radical (unpaired) electrons. The van der Waals surface area contributed by atoms with Gasteiger partial charge in [-0.15, -0.1) is 0 Å². The van der Waals surface area contributed by atoms with Crippen molar-refractivity contribution in [1.82, 2.24) is 24.8 Å². The number of hydrogen-bond donors (Lipinski definition) is 2. The Morgan fingerprint density at radius 1 is 1.14 bits per heavy atom. The molecule has 4 heterocycles. The largest absolute Gasteiger partial charge is 0.490 e. The first-order valence-electron chi connectivity index (χ1n) is 11.6. The number of aliphatic carboxylic acids is 1. The van der Waals surface area contributed by atoms with Gasteiger partial charge >= 0.3 is 18.2 Å². The predicted molar refractivity (Wildman–Crippen MR) is 124 cm³/mol. The van der Waals surface area contributed by atoms with Crippen LogP contribution in [0.25, 0.3) is 0 Å². The van der Waals surface area contributed by atoms with E-state index in [4.69, 9.17) is 19.6 Å². The molecule has 198 valence electrons. The summed E-state index contributed by atoms with van der Waals surface area (Å²) in [5, 5.41) is 7.12. The smallest absolute Gasteiger partial charge is 0.475 e. The van der Waals surface area contributed by atoms with Crippen LogP contribution in [-0.4, -0.2) is 94.1 Å². The van der Waals surface area contributed by atoms with Gasteiger partial charge in [0.2, 0.25) is 0 Å². The van der Waals surface area contributed by atoms with Crippen molar-refractivity contribution < 1.29 is 32.6 Å². The number of nitrogens with zero attached hydrogens (tertiary/aromatic N) is 6. The molecule has 0 saturated carbocycles. The van der Waals surface area contributed by atoms with Crippen LogP contribution >= 0.6 is 0 Å². The highest BCUT2D eigenvalue weighted by molar-refractivity contribution is 5.73. The summed E-state index contributed by atoms with van der Waals surface area (Å²) in [7, 11) is 0. The minimum absolute atomic E-state index is 0.227. The maximum atomic E-state index is 12.0. The van der Waals surface area contributed by atoms with Gasteiger partial charge in [0, 0.05) is 63.6 Å². The van der Waals surface area contributed by atoms with Crippen LogP contribution in [0.15, 0.2) is 18.5 Å². The number of aryl methyl sites for hydroxylation is 1. The number of carboxylic acid groups (broad SMARTS) is 1. The summed E-state index contributed by atoms with van der Waals surface area (Å²) in [6, 6.07) is 2.08. The van der Waals surface area contributed by atoms with Crippen LogP contribution in [0, 0.1) is 6.92 Å². The number of hydrogen-bond acceptors (Lipinski definition) is 8. The van der Waals surface area contributed by atoms with Crippen LogP contribution in [0.2, 0.25) is 0 Å². The Labute approximate surface area is 206 Å². The number of aromatic amines is 1. The molecule has 2 aromatic rings. The number of H-pyrrole nitrogens is 1. The number of aromatic nitrogens is 4. The minimum Gasteiger partial charge on any atom is -0.475 e. The molecule has 4 rings (SSSR count). The molecule has 0 aromatic carbocycles. The van der Waals surface area contributed by atoms with Crippen molar-refractivity contribution in [2.24, 2.45) is 0 Å². The molecule has 0 spiro atoms. The number of anilines is 2. The number of rotatable bonds is 4. The molecule has 1 atom stereocenters. The van der Waals surface area contributed by atoms with Gasteiger partial charge in [-0.25, -0.2) is 24.5 Å². The number of carbonyl (C=O) groups is 2. The molecule has 2 aliphatic rings. The van der Waals surface area contributed by atoms with Gasteiger partial charge in [-0.05, 0) is 26.7 Å². The van der Waals surface area contributed by atoms with Crippen molar-refractivity contribution in [2.45, 2.75) is 38.8 Å². The third-order valence-electron chi connectivity index (χ3n) is 5.82. The molecular formula is C22H30F3N7O4. The summed E-state index contributed by atoms with van der Waals surface area (Å²) in [6.45, 7) is 8.99. The number of alkyl halides is 3. The molecule has 0 aliphatic carbocycles. The highest BCUT2D eigenvalue weighted by atomic mass is 19.4. The first kappa shape index (κ1) is 27.0. The second-order valence-electron chi connectivity index (χ2n) is 8.37. The molecule has 2 aromatic heterocycles. The Hall–Kier alpha value is -3.58. The van der Waals surface area contributed by atoms with Gasteiger partial charge in [-0.1, -0.05) is 0 Å². The lowest BCUT2D eigenvalue weighted by atomic mass is 10.1. The average Bonchev–Trinajstić information content (AvgIpc) is 3.46. The summed E-state index contributed by atoms with van der Waals surface area (Å²) >= 11 is 0. The number of nitrogens with one attached hydrogen (secondary N) is 1. The Bertz CT molecular complexity index is 1020. The zero-order chi connectivity index (χ0) is 26.3. The molecule has 36 heavy (non-hydrogen) atoms. The lowest BCUT2D eigenvalue weighted by Gasteiger charge is -2.25. The van der Waals surface area contributed by atoms with Gasteiger partial charge in [0.15, 0.2) is 0 Å². The second kappa shape index (κ2) is 11.9. The third-order valence-corrected chi connectivity index (χ3v) is 5.82. The second-order valence-corrected chi connectivity index (χ2v) is 8.37. The Morgan fingerprint density at radius 2 is 1.83 bits per heavy atom. The van der Waals surface area contributed by atoms with E-state index in [9.17, 15) is 18.0 Å². The van der Waals surface area contributed by atoms with Gasteiger partial charge in [-0.2, -0.15) is 13.2 Å². The normalized spacial score (nSPS) is 18.4. The standard InChI is InChI=1S/C20H29N7O2.C2HF3O2/c1-3-29-20(28)26-9-4-8-25(11-12-26)17-13-18(24-15(2)23-17)27-10-5-16(14-27)19-21-6-7-22-19;3-2(4,5)1(6)7/h6-7,13,16H,3-5,8-12,14H2,1-2H3,(H,21,22);(H,6,7). The number of halogens is 3. The van der Waals surface area contributed by atoms with E-state index in [0.717, 1.165) is 62.3 Å². The first-order chi connectivity index (χ1) is 17.1. The lowest BCUT2D eigenvalue weighted by molar-refractivity contribution is -0.192. The van der Waals surface area contributed by atoms with Crippen molar-refractivity contribution >= 4 is 23.7 Å². The highest BCUT2D eigenvalue weighted by Gasteiger charge is 2.38. The molecule has 2 aliphatic heterocycles. The highest BCUT2D eigenvalue weighted by Crippen LogP contribution is 2.29. The van der Waals surface area contributed by atoms with Gasteiger partial charge in [0.05, 0.1) is 6.61 Å². The number of carbonyl (C=O) groups excluding carboxylic acids is 1. The van der Waals surface area contributed by atoms with Gasteiger partial charge in [0.25, 0.3) is 0 Å². The van der Waals surface area contributed by atoms with Gasteiger partial charge < -0.3 is 29.5 Å². The van der Waals surface area contributed by atoms with Crippen molar-refractivity contribution in [1.29, 1.82) is 0 Å². The van der Waals surface area contributed by atoms with E-state index in [2.05, 4.69) is 30.8 Å². The van der Waals surface area contributed by atoms with Crippen LogP contribution in [-0.2, 0) is 9.53 Å². The summed E-state index contributed by atoms with van der Waals surface area (Å²) in [6.07, 6.45) is 0.328. The average molecular weight is 514 g/mol. The van der Waals surface area contributed by atoms with Gasteiger partial charge in [-0.3, -0.25) is 0 Å². The maximum Gasteiger partial charge on any atom is 0.490 e. The van der Waals surface area contributed by atoms with E-state index in [1.54, 1.807) is 4.90 Å². The van der Waals surface area contributed by atoms with Crippen LogP contribution < -0.4 is 9.80 Å². The van der Waals surface area contributed by atoms with E-state index in [0.29, 0.717) is 25.6 Å². The fraction of sp³-hybridized carbons (Fsp3) is 0.591. The molecule has 1 unspecified atom stereocenters. The summed E-state index contributed by atoms with van der Waals surface area (Å²) in [5.41, 5.74) is 0. The molecule has 2 fully saturated rings. The number of imidazole rings is 1. The monoisotopic (exact) mass is 513 g/mol. The third kappa shape index (κ3) is 7.21. The molecule has 1 amide bonds. The molecular weight excluding hydrogens is 483 g/mol. The number of amides is 1.